The molecule has 1 atom stereocenters. The van der Waals surface area contributed by atoms with Crippen molar-refractivity contribution in [3.8, 4) is 22.6 Å². The summed E-state index contributed by atoms with van der Waals surface area (Å²) in [6.45, 7) is 1.81. The van der Waals surface area contributed by atoms with Crippen LogP contribution in [0.2, 0.25) is 10.2 Å². The number of carbonyl (C=O) groups is 1. The van der Waals surface area contributed by atoms with Gasteiger partial charge >= 0.3 is 0 Å². The molecular formula is C25H24Cl2N8O3. The first kappa shape index (κ1) is 26.8. The Balaban J connectivity index is 1.72. The second-order valence-electron chi connectivity index (χ2n) is 8.14. The molecule has 0 spiro atoms. The lowest BCUT2D eigenvalue weighted by molar-refractivity contribution is -0.119. The summed E-state index contributed by atoms with van der Waals surface area (Å²) < 4.78 is 8.44. The highest BCUT2D eigenvalue weighted by atomic mass is 35.5. The molecular weight excluding hydrogens is 531 g/mol. The van der Waals surface area contributed by atoms with Crippen molar-refractivity contribution in [2.75, 3.05) is 25.2 Å². The second-order valence-corrected chi connectivity index (χ2v) is 8.96. The van der Waals surface area contributed by atoms with Gasteiger partial charge in [0.15, 0.2) is 5.15 Å². The number of rotatable bonds is 8. The number of azo groups is 1. The fraction of sp³-hybridized carbons (Fsp3) is 0.200. The minimum Gasteiger partial charge on any atom is -0.495 e. The Kier molecular flexibility index (Phi) is 8.08. The number of carbonyl (C=O) groups excluding carboxylic acids is 1. The van der Waals surface area contributed by atoms with Crippen LogP contribution in [-0.4, -0.2) is 39.6 Å². The minimum atomic E-state index is -0.824. The maximum Gasteiger partial charge on any atom is 0.252 e. The standard InChI is InChI=1S/C25H24Cl2N8O3/c1-4-20(25(37)30-15-6-7-19(31-29-2)18(28)10-15)34-12-22(38-3)17(11-24(34)36)16-9-14(26)5-8-21(16)35-13-23(27)32-33-35/h5-13,20H,4,28H2,1-3H3,(H,30,37). The lowest BCUT2D eigenvalue weighted by atomic mass is 10.0. The summed E-state index contributed by atoms with van der Waals surface area (Å²) in [4.78, 5) is 26.6. The molecule has 1 amide bonds. The van der Waals surface area contributed by atoms with E-state index < -0.39 is 17.5 Å². The molecule has 0 aliphatic rings. The van der Waals surface area contributed by atoms with E-state index in [1.54, 1.807) is 43.3 Å². The van der Waals surface area contributed by atoms with E-state index >= 15 is 0 Å². The van der Waals surface area contributed by atoms with Gasteiger partial charge in [0.1, 0.15) is 17.5 Å². The highest BCUT2D eigenvalue weighted by molar-refractivity contribution is 6.31. The summed E-state index contributed by atoms with van der Waals surface area (Å²) in [5.74, 6) is -0.0431. The van der Waals surface area contributed by atoms with Crippen LogP contribution in [-0.2, 0) is 4.79 Å². The summed E-state index contributed by atoms with van der Waals surface area (Å²) >= 11 is 12.2. The van der Waals surface area contributed by atoms with Gasteiger partial charge in [0, 0.05) is 35.0 Å². The number of methoxy groups -OCH3 is 1. The van der Waals surface area contributed by atoms with E-state index in [9.17, 15) is 9.59 Å². The van der Waals surface area contributed by atoms with Crippen LogP contribution >= 0.6 is 23.2 Å². The van der Waals surface area contributed by atoms with Gasteiger partial charge in [-0.3, -0.25) is 14.2 Å². The highest BCUT2D eigenvalue weighted by Gasteiger charge is 2.23. The van der Waals surface area contributed by atoms with Crippen LogP contribution in [0, 0.1) is 0 Å². The van der Waals surface area contributed by atoms with E-state index in [1.807, 2.05) is 0 Å². The molecule has 38 heavy (non-hydrogen) atoms. The molecule has 0 aliphatic carbocycles. The van der Waals surface area contributed by atoms with Gasteiger partial charge in [0.05, 0.1) is 30.9 Å². The van der Waals surface area contributed by atoms with Crippen molar-refractivity contribution >= 4 is 46.2 Å². The van der Waals surface area contributed by atoms with E-state index in [-0.39, 0.29) is 5.15 Å². The Morgan fingerprint density at radius 1 is 1.16 bits per heavy atom. The largest absolute Gasteiger partial charge is 0.495 e. The molecule has 0 saturated heterocycles. The van der Waals surface area contributed by atoms with Crippen molar-refractivity contribution in [2.45, 2.75) is 19.4 Å². The number of anilines is 2. The minimum absolute atomic E-state index is 0.205. The van der Waals surface area contributed by atoms with E-state index in [2.05, 4.69) is 25.9 Å². The smallest absolute Gasteiger partial charge is 0.252 e. The van der Waals surface area contributed by atoms with Crippen LogP contribution in [0.25, 0.3) is 16.8 Å². The number of benzene rings is 2. The quantitative estimate of drug-likeness (QED) is 0.223. The zero-order valence-electron chi connectivity index (χ0n) is 20.7. The van der Waals surface area contributed by atoms with Gasteiger partial charge in [0.25, 0.3) is 5.56 Å². The van der Waals surface area contributed by atoms with E-state index in [0.717, 1.165) is 0 Å². The molecule has 2 aromatic carbocycles. The molecule has 4 rings (SSSR count). The van der Waals surface area contributed by atoms with E-state index in [4.69, 9.17) is 33.7 Å². The molecule has 4 aromatic rings. The predicted octanol–water partition coefficient (Wildman–Crippen LogP) is 5.30. The van der Waals surface area contributed by atoms with Crippen LogP contribution in [0.5, 0.6) is 5.75 Å². The zero-order chi connectivity index (χ0) is 27.4. The number of hydrogen-bond donors (Lipinski definition) is 2. The number of amides is 1. The van der Waals surface area contributed by atoms with Crippen molar-refractivity contribution < 1.29 is 9.53 Å². The SMILES string of the molecule is CCC(C(=O)Nc1ccc(N=NC)c(N)c1)n1cc(OC)c(-c2cc(Cl)ccc2-n2cc(Cl)nn2)cc1=O. The summed E-state index contributed by atoms with van der Waals surface area (Å²) in [5.41, 5.74) is 8.51. The van der Waals surface area contributed by atoms with Gasteiger partial charge < -0.3 is 15.8 Å². The Labute approximate surface area is 227 Å². The fourth-order valence-corrected chi connectivity index (χ4v) is 4.29. The number of aromatic nitrogens is 4. The van der Waals surface area contributed by atoms with Crippen LogP contribution in [0.15, 0.2) is 69.9 Å². The molecule has 0 fully saturated rings. The monoisotopic (exact) mass is 554 g/mol. The van der Waals surface area contributed by atoms with Crippen LogP contribution < -0.4 is 21.3 Å². The van der Waals surface area contributed by atoms with Gasteiger partial charge in [-0.05, 0) is 42.8 Å². The van der Waals surface area contributed by atoms with Gasteiger partial charge in [0.2, 0.25) is 5.91 Å². The third-order valence-electron chi connectivity index (χ3n) is 5.75. The third-order valence-corrected chi connectivity index (χ3v) is 6.16. The van der Waals surface area contributed by atoms with Crippen LogP contribution in [0.4, 0.5) is 17.1 Å². The molecule has 13 heteroatoms. The molecule has 11 nitrogen and oxygen atoms in total. The zero-order valence-corrected chi connectivity index (χ0v) is 22.2. The molecule has 1 unspecified atom stereocenters. The van der Waals surface area contributed by atoms with Crippen molar-refractivity contribution in [3.05, 3.63) is 75.4 Å². The lowest BCUT2D eigenvalue weighted by Crippen LogP contribution is -2.32. The van der Waals surface area contributed by atoms with Gasteiger partial charge in [-0.2, -0.15) is 10.2 Å². The first-order valence-corrected chi connectivity index (χ1v) is 12.2. The van der Waals surface area contributed by atoms with Crippen LogP contribution in [0.3, 0.4) is 0 Å². The van der Waals surface area contributed by atoms with Crippen molar-refractivity contribution in [2.24, 2.45) is 10.2 Å². The number of nitrogen functional groups attached to an aromatic ring is 1. The fourth-order valence-electron chi connectivity index (χ4n) is 4.00. The number of nitrogens with zero attached hydrogens (tertiary/aromatic N) is 6. The average Bonchev–Trinajstić information content (AvgIpc) is 3.32. The molecule has 2 heterocycles. The van der Waals surface area contributed by atoms with Gasteiger partial charge in [-0.15, -0.1) is 5.10 Å². The first-order chi connectivity index (χ1) is 18.2. The van der Waals surface area contributed by atoms with E-state index in [1.165, 1.54) is 41.9 Å². The summed E-state index contributed by atoms with van der Waals surface area (Å²) in [6.07, 6.45) is 3.37. The first-order valence-electron chi connectivity index (χ1n) is 11.4. The van der Waals surface area contributed by atoms with Gasteiger partial charge in [-0.1, -0.05) is 35.3 Å². The van der Waals surface area contributed by atoms with Crippen LogP contribution in [0.1, 0.15) is 19.4 Å². The number of nitrogens with two attached hydrogens (primary N) is 1. The molecule has 0 radical (unpaired) electrons. The number of ether oxygens (including phenoxy) is 1. The van der Waals surface area contributed by atoms with E-state index in [0.29, 0.717) is 51.1 Å². The van der Waals surface area contributed by atoms with Crippen molar-refractivity contribution in [1.82, 2.24) is 19.6 Å². The van der Waals surface area contributed by atoms with Crippen molar-refractivity contribution in [1.29, 1.82) is 0 Å². The molecule has 0 saturated carbocycles. The Morgan fingerprint density at radius 2 is 1.95 bits per heavy atom. The number of halogens is 2. The molecule has 0 aliphatic heterocycles. The molecule has 2 aromatic heterocycles. The Hall–Kier alpha value is -4.22. The number of hydrogen-bond acceptors (Lipinski definition) is 8. The topological polar surface area (TPSA) is 142 Å². The van der Waals surface area contributed by atoms with Gasteiger partial charge in [-0.25, -0.2) is 4.68 Å². The summed E-state index contributed by atoms with van der Waals surface area (Å²) in [6, 6.07) is 10.6. The second kappa shape index (κ2) is 11.4. The molecule has 196 valence electrons. The number of nitrogens with one attached hydrogen (secondary N) is 1. The van der Waals surface area contributed by atoms with Crippen molar-refractivity contribution in [3.63, 3.8) is 0 Å². The molecule has 3 N–H and O–H groups in total. The molecule has 0 bridgehead atoms. The summed E-state index contributed by atoms with van der Waals surface area (Å²) in [5, 5.41) is 18.9. The lowest BCUT2D eigenvalue weighted by Gasteiger charge is -2.21. The highest BCUT2D eigenvalue weighted by Crippen LogP contribution is 2.35. The normalized spacial score (nSPS) is 12.0. The Bertz CT molecular complexity index is 1580. The number of pyridine rings is 1. The third kappa shape index (κ3) is 5.53. The Morgan fingerprint density at radius 3 is 2.58 bits per heavy atom. The summed E-state index contributed by atoms with van der Waals surface area (Å²) in [7, 11) is 3.01. The average molecular weight is 555 g/mol. The maximum atomic E-state index is 13.3. The maximum absolute atomic E-state index is 13.3. The predicted molar refractivity (Wildman–Crippen MR) is 147 cm³/mol.